The molecular formula is C16H16N2O. The van der Waals surface area contributed by atoms with E-state index in [1.54, 1.807) is 7.11 Å². The third-order valence-electron chi connectivity index (χ3n) is 3.49. The van der Waals surface area contributed by atoms with Crippen LogP contribution in [0.1, 0.15) is 0 Å². The maximum Gasteiger partial charge on any atom is 0.119 e. The summed E-state index contributed by atoms with van der Waals surface area (Å²) < 4.78 is 7.42. The molecule has 2 N–H and O–H groups in total. The molecule has 0 bridgehead atoms. The van der Waals surface area contributed by atoms with Crippen LogP contribution in [-0.4, -0.2) is 11.7 Å². The summed E-state index contributed by atoms with van der Waals surface area (Å²) >= 11 is 0. The van der Waals surface area contributed by atoms with Crippen molar-refractivity contribution in [1.29, 1.82) is 0 Å². The van der Waals surface area contributed by atoms with Crippen LogP contribution in [0.2, 0.25) is 0 Å². The number of rotatable bonds is 2. The molecule has 0 atom stereocenters. The van der Waals surface area contributed by atoms with Crippen LogP contribution in [0.25, 0.3) is 22.2 Å². The lowest BCUT2D eigenvalue weighted by atomic mass is 10.1. The molecule has 0 fully saturated rings. The fourth-order valence-electron chi connectivity index (χ4n) is 2.44. The Morgan fingerprint density at radius 2 is 1.84 bits per heavy atom. The van der Waals surface area contributed by atoms with Crippen molar-refractivity contribution < 1.29 is 4.74 Å². The van der Waals surface area contributed by atoms with Crippen LogP contribution in [0.3, 0.4) is 0 Å². The molecule has 3 rings (SSSR count). The summed E-state index contributed by atoms with van der Waals surface area (Å²) in [6.07, 6.45) is 0. The van der Waals surface area contributed by atoms with E-state index in [0.717, 1.165) is 28.1 Å². The van der Waals surface area contributed by atoms with Crippen molar-refractivity contribution in [2.24, 2.45) is 7.05 Å². The summed E-state index contributed by atoms with van der Waals surface area (Å²) in [6.45, 7) is 0. The van der Waals surface area contributed by atoms with Crippen LogP contribution in [0, 0.1) is 0 Å². The van der Waals surface area contributed by atoms with Crippen molar-refractivity contribution >= 4 is 16.6 Å². The van der Waals surface area contributed by atoms with Gasteiger partial charge in [-0.15, -0.1) is 0 Å². The number of para-hydroxylation sites is 1. The molecule has 0 aliphatic heterocycles. The Hall–Kier alpha value is -2.42. The summed E-state index contributed by atoms with van der Waals surface area (Å²) in [6, 6.07) is 16.1. The fraction of sp³-hybridized carbons (Fsp3) is 0.125. The number of hydrogen-bond acceptors (Lipinski definition) is 2. The molecule has 2 aromatic carbocycles. The number of nitrogen functional groups attached to an aromatic ring is 1. The van der Waals surface area contributed by atoms with Crippen LogP contribution in [0.5, 0.6) is 5.75 Å². The molecule has 3 nitrogen and oxygen atoms in total. The number of aryl methyl sites for hydroxylation is 1. The lowest BCUT2D eigenvalue weighted by Crippen LogP contribution is -1.95. The van der Waals surface area contributed by atoms with Crippen molar-refractivity contribution in [3.63, 3.8) is 0 Å². The number of nitrogens with two attached hydrogens (primary N) is 1. The van der Waals surface area contributed by atoms with Crippen molar-refractivity contribution in [2.75, 3.05) is 12.8 Å². The molecule has 0 aliphatic rings. The van der Waals surface area contributed by atoms with E-state index >= 15 is 0 Å². The molecule has 0 saturated heterocycles. The number of methoxy groups -OCH3 is 1. The zero-order valence-corrected chi connectivity index (χ0v) is 11.1. The highest BCUT2D eigenvalue weighted by atomic mass is 16.5. The molecule has 0 spiro atoms. The first-order valence-corrected chi connectivity index (χ1v) is 6.19. The average Bonchev–Trinajstić information content (AvgIpc) is 2.76. The van der Waals surface area contributed by atoms with Gasteiger partial charge in [0, 0.05) is 29.2 Å². The number of ether oxygens (including phenoxy) is 1. The molecule has 96 valence electrons. The molecule has 0 aliphatic carbocycles. The third-order valence-corrected chi connectivity index (χ3v) is 3.49. The smallest absolute Gasteiger partial charge is 0.119 e. The van der Waals surface area contributed by atoms with Gasteiger partial charge in [0.15, 0.2) is 0 Å². The summed E-state index contributed by atoms with van der Waals surface area (Å²) in [7, 11) is 3.73. The highest BCUT2D eigenvalue weighted by Crippen LogP contribution is 2.32. The molecule has 3 heteroatoms. The predicted octanol–water partition coefficient (Wildman–Crippen LogP) is 3.44. The van der Waals surface area contributed by atoms with Crippen molar-refractivity contribution in [1.82, 2.24) is 4.57 Å². The maximum atomic E-state index is 6.06. The number of aromatic nitrogens is 1. The van der Waals surface area contributed by atoms with Gasteiger partial charge in [0.05, 0.1) is 12.8 Å². The van der Waals surface area contributed by atoms with Crippen molar-refractivity contribution in [3.8, 4) is 17.0 Å². The average molecular weight is 252 g/mol. The first-order valence-electron chi connectivity index (χ1n) is 6.19. The number of hydrogen-bond donors (Lipinski definition) is 1. The van der Waals surface area contributed by atoms with E-state index in [4.69, 9.17) is 10.5 Å². The minimum atomic E-state index is 0.792. The van der Waals surface area contributed by atoms with E-state index in [2.05, 4.69) is 23.7 Å². The second kappa shape index (κ2) is 4.35. The van der Waals surface area contributed by atoms with E-state index in [0.29, 0.717) is 0 Å². The third kappa shape index (κ3) is 1.83. The Kier molecular flexibility index (Phi) is 2.67. The van der Waals surface area contributed by atoms with Gasteiger partial charge in [0.1, 0.15) is 5.75 Å². The summed E-state index contributed by atoms with van der Waals surface area (Å²) in [5.74, 6) is 0.866. The quantitative estimate of drug-likeness (QED) is 0.710. The number of anilines is 1. The Balaban J connectivity index is 2.25. The molecular weight excluding hydrogens is 236 g/mol. The Labute approximate surface area is 112 Å². The topological polar surface area (TPSA) is 40.2 Å². The Bertz CT molecular complexity index is 744. The number of nitrogens with zero attached hydrogens (tertiary/aromatic N) is 1. The van der Waals surface area contributed by atoms with Gasteiger partial charge in [-0.05, 0) is 30.3 Å². The zero-order valence-electron chi connectivity index (χ0n) is 11.1. The van der Waals surface area contributed by atoms with Crippen LogP contribution >= 0.6 is 0 Å². The first kappa shape index (κ1) is 11.7. The number of fused-ring (bicyclic) bond motifs is 1. The zero-order chi connectivity index (χ0) is 13.4. The van der Waals surface area contributed by atoms with E-state index < -0.39 is 0 Å². The number of benzene rings is 2. The minimum absolute atomic E-state index is 0.792. The molecule has 3 aromatic rings. The molecule has 0 radical (unpaired) electrons. The fourth-order valence-corrected chi connectivity index (χ4v) is 2.44. The summed E-state index contributed by atoms with van der Waals surface area (Å²) in [5, 5.41) is 1.15. The normalized spacial score (nSPS) is 10.8. The Morgan fingerprint density at radius 3 is 2.58 bits per heavy atom. The van der Waals surface area contributed by atoms with Gasteiger partial charge < -0.3 is 15.0 Å². The first-order chi connectivity index (χ1) is 9.20. The second-order valence-corrected chi connectivity index (χ2v) is 4.60. The highest BCUT2D eigenvalue weighted by Gasteiger charge is 2.10. The largest absolute Gasteiger partial charge is 0.497 e. The van der Waals surface area contributed by atoms with Gasteiger partial charge >= 0.3 is 0 Å². The summed E-state index contributed by atoms with van der Waals surface area (Å²) in [5.41, 5.74) is 10.2. The lowest BCUT2D eigenvalue weighted by molar-refractivity contribution is 0.415. The van der Waals surface area contributed by atoms with Gasteiger partial charge in [-0.3, -0.25) is 0 Å². The van der Waals surface area contributed by atoms with E-state index in [1.807, 2.05) is 36.4 Å². The molecule has 19 heavy (non-hydrogen) atoms. The standard InChI is InChI=1S/C16H16N2O/c1-18-15-8-7-12(19-2)9-11(15)10-16(18)13-5-3-4-6-14(13)17/h3-10H,17H2,1-2H3. The highest BCUT2D eigenvalue weighted by molar-refractivity contribution is 5.90. The van der Waals surface area contributed by atoms with Crippen molar-refractivity contribution in [2.45, 2.75) is 0 Å². The van der Waals surface area contributed by atoms with Gasteiger partial charge in [-0.1, -0.05) is 18.2 Å². The van der Waals surface area contributed by atoms with Crippen LogP contribution < -0.4 is 10.5 Å². The van der Waals surface area contributed by atoms with Gasteiger partial charge in [-0.25, -0.2) is 0 Å². The maximum absolute atomic E-state index is 6.06. The molecule has 0 amide bonds. The van der Waals surface area contributed by atoms with Gasteiger partial charge in [-0.2, -0.15) is 0 Å². The van der Waals surface area contributed by atoms with Crippen LogP contribution in [0.15, 0.2) is 48.5 Å². The summed E-state index contributed by atoms with van der Waals surface area (Å²) in [4.78, 5) is 0. The van der Waals surface area contributed by atoms with Crippen LogP contribution in [0.4, 0.5) is 5.69 Å². The molecule has 1 aromatic heterocycles. The second-order valence-electron chi connectivity index (χ2n) is 4.60. The van der Waals surface area contributed by atoms with E-state index in [9.17, 15) is 0 Å². The monoisotopic (exact) mass is 252 g/mol. The van der Waals surface area contributed by atoms with Gasteiger partial charge in [0.2, 0.25) is 0 Å². The van der Waals surface area contributed by atoms with Crippen molar-refractivity contribution in [3.05, 3.63) is 48.5 Å². The minimum Gasteiger partial charge on any atom is -0.497 e. The molecule has 1 heterocycles. The Morgan fingerprint density at radius 1 is 1.05 bits per heavy atom. The predicted molar refractivity (Wildman–Crippen MR) is 79.3 cm³/mol. The SMILES string of the molecule is COc1ccc2c(c1)cc(-c1ccccc1N)n2C. The van der Waals surface area contributed by atoms with Gasteiger partial charge in [0.25, 0.3) is 0 Å². The lowest BCUT2D eigenvalue weighted by Gasteiger charge is -2.07. The van der Waals surface area contributed by atoms with E-state index in [1.165, 1.54) is 5.52 Å². The van der Waals surface area contributed by atoms with Crippen LogP contribution in [-0.2, 0) is 7.05 Å². The van der Waals surface area contributed by atoms with E-state index in [-0.39, 0.29) is 0 Å². The molecule has 0 unspecified atom stereocenters. The molecule has 0 saturated carbocycles.